The summed E-state index contributed by atoms with van der Waals surface area (Å²) in [6.45, 7) is 3.48. The molecule has 3 N–H and O–H groups in total. The van der Waals surface area contributed by atoms with Crippen molar-refractivity contribution in [2.45, 2.75) is 36.7 Å². The summed E-state index contributed by atoms with van der Waals surface area (Å²) >= 11 is 0. The highest BCUT2D eigenvalue weighted by molar-refractivity contribution is 7.89. The molecule has 7 heteroatoms. The maximum atomic E-state index is 12.6. The molecule has 20 heavy (non-hydrogen) atoms. The molecule has 6 nitrogen and oxygen atoms in total. The van der Waals surface area contributed by atoms with Crippen LogP contribution in [0.1, 0.15) is 25.0 Å². The highest BCUT2D eigenvalue weighted by atomic mass is 32.2. The van der Waals surface area contributed by atoms with Crippen LogP contribution in [0, 0.1) is 0 Å². The smallest absolute Gasteiger partial charge is 0.244 e. The Hall–Kier alpha value is -0.890. The van der Waals surface area contributed by atoms with Gasteiger partial charge in [-0.1, -0.05) is 6.42 Å². The lowest BCUT2D eigenvalue weighted by molar-refractivity contribution is 0.0852. The maximum absolute atomic E-state index is 12.6. The van der Waals surface area contributed by atoms with Crippen molar-refractivity contribution in [1.82, 2.24) is 14.2 Å². The quantitative estimate of drug-likeness (QED) is 0.842. The molecule has 1 unspecified atom stereocenters. The number of piperidine rings is 1. The molecule has 0 saturated carbocycles. The number of fused-ring (bicyclic) bond motifs is 1. The predicted octanol–water partition coefficient (Wildman–Crippen LogP) is 0.332. The van der Waals surface area contributed by atoms with Gasteiger partial charge in [0.05, 0.1) is 4.90 Å². The normalized spacial score (nSPS) is 25.6. The van der Waals surface area contributed by atoms with Crippen LogP contribution in [0.5, 0.6) is 0 Å². The van der Waals surface area contributed by atoms with E-state index in [2.05, 4.69) is 9.88 Å². The van der Waals surface area contributed by atoms with Crippen molar-refractivity contribution >= 4 is 10.0 Å². The van der Waals surface area contributed by atoms with Gasteiger partial charge in [-0.15, -0.1) is 0 Å². The van der Waals surface area contributed by atoms with Crippen molar-refractivity contribution in [2.24, 2.45) is 5.73 Å². The number of aromatic amines is 1. The number of nitrogens with zero attached hydrogens (tertiary/aromatic N) is 2. The number of nitrogens with one attached hydrogen (secondary N) is 1. The Morgan fingerprint density at radius 3 is 2.90 bits per heavy atom. The number of nitrogens with two attached hydrogens (primary N) is 1. The van der Waals surface area contributed by atoms with Gasteiger partial charge in [-0.3, -0.25) is 4.90 Å². The van der Waals surface area contributed by atoms with Gasteiger partial charge in [-0.05, 0) is 25.5 Å². The minimum Gasteiger partial charge on any atom is -0.363 e. The van der Waals surface area contributed by atoms with Gasteiger partial charge >= 0.3 is 0 Å². The molecule has 112 valence electrons. The van der Waals surface area contributed by atoms with E-state index in [4.69, 9.17) is 5.73 Å². The molecule has 0 spiro atoms. The van der Waals surface area contributed by atoms with Gasteiger partial charge in [0.15, 0.2) is 0 Å². The molecule has 2 fully saturated rings. The molecule has 0 radical (unpaired) electrons. The second-order valence-electron chi connectivity index (χ2n) is 5.61. The summed E-state index contributed by atoms with van der Waals surface area (Å²) < 4.78 is 26.9. The van der Waals surface area contributed by atoms with Crippen LogP contribution in [0.15, 0.2) is 17.2 Å². The van der Waals surface area contributed by atoms with Crippen LogP contribution in [0.2, 0.25) is 0 Å². The molecule has 0 amide bonds. The molecule has 0 aromatic carbocycles. The summed E-state index contributed by atoms with van der Waals surface area (Å²) in [7, 11) is -3.38. The number of H-pyrrole nitrogens is 1. The summed E-state index contributed by atoms with van der Waals surface area (Å²) in [6.07, 6.45) is 5.09. The lowest BCUT2D eigenvalue weighted by atomic mass is 10.0. The minimum absolute atomic E-state index is 0.325. The van der Waals surface area contributed by atoms with Gasteiger partial charge in [0.1, 0.15) is 0 Å². The Balaban J connectivity index is 1.77. The van der Waals surface area contributed by atoms with Gasteiger partial charge in [0.2, 0.25) is 10.0 Å². The molecule has 3 heterocycles. The van der Waals surface area contributed by atoms with Crippen LogP contribution < -0.4 is 5.73 Å². The van der Waals surface area contributed by atoms with Crippen LogP contribution in [0.25, 0.3) is 0 Å². The third-order valence-electron chi connectivity index (χ3n) is 4.37. The molecule has 2 aliphatic rings. The molecular weight excluding hydrogens is 276 g/mol. The van der Waals surface area contributed by atoms with Crippen molar-refractivity contribution in [3.05, 3.63) is 18.0 Å². The van der Waals surface area contributed by atoms with Crippen LogP contribution in [0.4, 0.5) is 0 Å². The summed E-state index contributed by atoms with van der Waals surface area (Å²) in [6, 6.07) is 2.03. The number of hydrogen-bond donors (Lipinski definition) is 2. The summed E-state index contributed by atoms with van der Waals surface area (Å²) in [5.74, 6) is 0. The van der Waals surface area contributed by atoms with E-state index in [1.54, 1.807) is 16.6 Å². The number of piperazine rings is 1. The second-order valence-corrected chi connectivity index (χ2v) is 7.55. The lowest BCUT2D eigenvalue weighted by Gasteiger charge is -2.43. The largest absolute Gasteiger partial charge is 0.363 e. The lowest BCUT2D eigenvalue weighted by Crippen LogP contribution is -2.56. The van der Waals surface area contributed by atoms with Crippen LogP contribution in [0.3, 0.4) is 0 Å². The Bertz CT molecular complexity index is 569. The van der Waals surface area contributed by atoms with Crippen molar-refractivity contribution in [2.75, 3.05) is 26.2 Å². The molecule has 2 aliphatic heterocycles. The first-order chi connectivity index (χ1) is 9.61. The van der Waals surface area contributed by atoms with Gasteiger partial charge in [-0.25, -0.2) is 8.42 Å². The Kier molecular flexibility index (Phi) is 3.85. The molecule has 2 saturated heterocycles. The third kappa shape index (κ3) is 2.50. The fourth-order valence-corrected chi connectivity index (χ4v) is 4.67. The molecule has 3 rings (SSSR count). The van der Waals surface area contributed by atoms with E-state index >= 15 is 0 Å². The average Bonchev–Trinajstić information content (AvgIpc) is 2.96. The Morgan fingerprint density at radius 2 is 2.15 bits per heavy atom. The van der Waals surface area contributed by atoms with Crippen molar-refractivity contribution < 1.29 is 8.42 Å². The molecule has 1 aromatic heterocycles. The minimum atomic E-state index is -3.38. The van der Waals surface area contributed by atoms with E-state index in [1.165, 1.54) is 12.8 Å². The number of aromatic nitrogens is 1. The highest BCUT2D eigenvalue weighted by Crippen LogP contribution is 2.25. The fraction of sp³-hybridized carbons (Fsp3) is 0.692. The van der Waals surface area contributed by atoms with E-state index in [0.717, 1.165) is 25.2 Å². The summed E-state index contributed by atoms with van der Waals surface area (Å²) in [5, 5.41) is 0. The monoisotopic (exact) mass is 298 g/mol. The first kappa shape index (κ1) is 14.1. The fourth-order valence-electron chi connectivity index (χ4n) is 3.18. The second kappa shape index (κ2) is 5.48. The van der Waals surface area contributed by atoms with E-state index in [9.17, 15) is 8.42 Å². The standard InChI is InChI=1S/C13H22N4O2S/c14-8-11-7-13(9-15-11)20(18,19)17-6-5-16-4-2-1-3-12(16)10-17/h7,9,12,15H,1-6,8,10,14H2. The average molecular weight is 298 g/mol. The van der Waals surface area contributed by atoms with E-state index in [1.807, 2.05) is 0 Å². The van der Waals surface area contributed by atoms with Crippen LogP contribution in [-0.4, -0.2) is 54.8 Å². The van der Waals surface area contributed by atoms with Gasteiger partial charge in [-0.2, -0.15) is 4.31 Å². The molecule has 1 aromatic rings. The van der Waals surface area contributed by atoms with E-state index in [0.29, 0.717) is 30.6 Å². The first-order valence-corrected chi connectivity index (χ1v) is 8.67. The van der Waals surface area contributed by atoms with Crippen LogP contribution >= 0.6 is 0 Å². The summed E-state index contributed by atoms with van der Waals surface area (Å²) in [5.41, 5.74) is 6.28. The molecule has 0 aliphatic carbocycles. The van der Waals surface area contributed by atoms with E-state index < -0.39 is 10.0 Å². The summed E-state index contributed by atoms with van der Waals surface area (Å²) in [4.78, 5) is 5.68. The maximum Gasteiger partial charge on any atom is 0.244 e. The number of sulfonamides is 1. The Labute approximate surface area is 120 Å². The zero-order valence-electron chi connectivity index (χ0n) is 11.6. The van der Waals surface area contributed by atoms with Crippen LogP contribution in [-0.2, 0) is 16.6 Å². The Morgan fingerprint density at radius 1 is 1.30 bits per heavy atom. The van der Waals surface area contributed by atoms with Crippen molar-refractivity contribution in [3.63, 3.8) is 0 Å². The van der Waals surface area contributed by atoms with Gasteiger partial charge < -0.3 is 10.7 Å². The van der Waals surface area contributed by atoms with Crippen molar-refractivity contribution in [1.29, 1.82) is 0 Å². The third-order valence-corrected chi connectivity index (χ3v) is 6.22. The van der Waals surface area contributed by atoms with Gasteiger partial charge in [0, 0.05) is 44.1 Å². The highest BCUT2D eigenvalue weighted by Gasteiger charge is 2.35. The first-order valence-electron chi connectivity index (χ1n) is 7.23. The molecular formula is C13H22N4O2S. The SMILES string of the molecule is NCc1cc(S(=O)(=O)N2CCN3CCCCC3C2)c[nH]1. The van der Waals surface area contributed by atoms with Gasteiger partial charge in [0.25, 0.3) is 0 Å². The molecule has 1 atom stereocenters. The number of rotatable bonds is 3. The zero-order chi connectivity index (χ0) is 14.2. The van der Waals surface area contributed by atoms with Crippen molar-refractivity contribution in [3.8, 4) is 0 Å². The predicted molar refractivity (Wildman–Crippen MR) is 76.7 cm³/mol. The topological polar surface area (TPSA) is 82.4 Å². The zero-order valence-corrected chi connectivity index (χ0v) is 12.4. The molecule has 0 bridgehead atoms. The van der Waals surface area contributed by atoms with E-state index in [-0.39, 0.29) is 0 Å². The number of hydrogen-bond acceptors (Lipinski definition) is 4.